The van der Waals surface area contributed by atoms with E-state index in [1.54, 1.807) is 7.11 Å². The van der Waals surface area contributed by atoms with Crippen molar-refractivity contribution in [2.75, 3.05) is 45.3 Å². The summed E-state index contributed by atoms with van der Waals surface area (Å²) in [6.45, 7) is 2.80. The Labute approximate surface area is 179 Å². The molecule has 0 aromatic heterocycles. The average Bonchev–Trinajstić information content (AvgIpc) is 2.80. The van der Waals surface area contributed by atoms with Crippen molar-refractivity contribution in [2.24, 2.45) is 0 Å². The van der Waals surface area contributed by atoms with Crippen molar-refractivity contribution < 1.29 is 24.0 Å². The molecule has 0 bridgehead atoms. The summed E-state index contributed by atoms with van der Waals surface area (Å²) in [7, 11) is 1.59. The molecule has 1 aliphatic rings. The van der Waals surface area contributed by atoms with Crippen LogP contribution >= 0.6 is 0 Å². The molecule has 1 heterocycles. The highest BCUT2D eigenvalue weighted by Crippen LogP contribution is 2.24. The number of nitrogens with one attached hydrogen (secondary N) is 2. The molecule has 3 rings (SSSR count). The largest absolute Gasteiger partial charge is 0.497 e. The number of carbonyl (C=O) groups is 2. The molecule has 2 aromatic rings. The van der Waals surface area contributed by atoms with Crippen molar-refractivity contribution in [1.82, 2.24) is 10.2 Å². The van der Waals surface area contributed by atoms with E-state index in [4.69, 9.17) is 9.47 Å². The van der Waals surface area contributed by atoms with Crippen molar-refractivity contribution in [3.8, 4) is 5.75 Å². The Hall–Kier alpha value is -3.50. The Morgan fingerprint density at radius 3 is 2.52 bits per heavy atom. The summed E-state index contributed by atoms with van der Waals surface area (Å²) in [5, 5.41) is 15.9. The quantitative estimate of drug-likeness (QED) is 0.391. The molecule has 2 amide bonds. The predicted octanol–water partition coefficient (Wildman–Crippen LogP) is 1.73. The summed E-state index contributed by atoms with van der Waals surface area (Å²) < 4.78 is 10.6. The molecule has 1 unspecified atom stereocenters. The van der Waals surface area contributed by atoms with Crippen molar-refractivity contribution in [2.45, 2.75) is 6.04 Å². The van der Waals surface area contributed by atoms with Gasteiger partial charge >= 0.3 is 11.8 Å². The molecule has 31 heavy (non-hydrogen) atoms. The van der Waals surface area contributed by atoms with Gasteiger partial charge in [0.15, 0.2) is 0 Å². The molecule has 1 saturated heterocycles. The lowest BCUT2D eigenvalue weighted by Crippen LogP contribution is -2.45. The second-order valence-corrected chi connectivity index (χ2v) is 6.91. The van der Waals surface area contributed by atoms with Crippen LogP contribution in [-0.2, 0) is 14.3 Å². The van der Waals surface area contributed by atoms with Crippen LogP contribution in [0.15, 0.2) is 48.5 Å². The molecular weight excluding hydrogens is 404 g/mol. The standard InChI is InChI=1S/C21H24N4O6/c1-30-18-7-5-15(6-8-18)19(24-9-11-31-12-10-24)14-22-20(26)21(27)23-16-3-2-4-17(13-16)25(28)29/h2-8,13,19H,9-12,14H2,1H3,(H,22,26)(H,23,27). The number of rotatable bonds is 7. The number of hydrogen-bond donors (Lipinski definition) is 2. The first-order valence-electron chi connectivity index (χ1n) is 9.77. The SMILES string of the molecule is COc1ccc(C(CNC(=O)C(=O)Nc2cccc([N+](=O)[O-])c2)N2CCOCC2)cc1. The Kier molecular flexibility index (Phi) is 7.52. The lowest BCUT2D eigenvalue weighted by Gasteiger charge is -2.34. The Morgan fingerprint density at radius 2 is 1.87 bits per heavy atom. The third kappa shape index (κ3) is 6.00. The number of nitro groups is 1. The fourth-order valence-corrected chi connectivity index (χ4v) is 3.33. The molecule has 10 heteroatoms. The lowest BCUT2D eigenvalue weighted by molar-refractivity contribution is -0.384. The summed E-state index contributed by atoms with van der Waals surface area (Å²) in [5.41, 5.74) is 0.974. The molecule has 1 fully saturated rings. The topological polar surface area (TPSA) is 123 Å². The maximum Gasteiger partial charge on any atom is 0.313 e. The van der Waals surface area contributed by atoms with Gasteiger partial charge < -0.3 is 20.1 Å². The molecule has 0 aliphatic carbocycles. The lowest BCUT2D eigenvalue weighted by atomic mass is 10.0. The van der Waals surface area contributed by atoms with E-state index in [-0.39, 0.29) is 24.0 Å². The normalized spacial score (nSPS) is 15.0. The van der Waals surface area contributed by atoms with Crippen molar-refractivity contribution in [3.63, 3.8) is 0 Å². The van der Waals surface area contributed by atoms with Crippen LogP contribution in [0.1, 0.15) is 11.6 Å². The van der Waals surface area contributed by atoms with Gasteiger partial charge in [0.1, 0.15) is 5.75 Å². The van der Waals surface area contributed by atoms with E-state index in [2.05, 4.69) is 15.5 Å². The summed E-state index contributed by atoms with van der Waals surface area (Å²) in [5.74, 6) is -0.987. The first-order chi connectivity index (χ1) is 15.0. The highest BCUT2D eigenvalue weighted by atomic mass is 16.6. The Bertz CT molecular complexity index is 928. The van der Waals surface area contributed by atoms with Gasteiger partial charge in [-0.25, -0.2) is 0 Å². The smallest absolute Gasteiger partial charge is 0.313 e. The molecule has 0 radical (unpaired) electrons. The summed E-state index contributed by atoms with van der Waals surface area (Å²) in [6.07, 6.45) is 0. The zero-order valence-corrected chi connectivity index (χ0v) is 17.1. The first-order valence-corrected chi connectivity index (χ1v) is 9.77. The van der Waals surface area contributed by atoms with Gasteiger partial charge in [-0.15, -0.1) is 0 Å². The molecule has 2 N–H and O–H groups in total. The maximum atomic E-state index is 12.4. The number of hydrogen-bond acceptors (Lipinski definition) is 7. The Morgan fingerprint density at radius 1 is 1.16 bits per heavy atom. The van der Waals surface area contributed by atoms with Crippen LogP contribution in [-0.4, -0.2) is 61.6 Å². The highest BCUT2D eigenvalue weighted by Gasteiger charge is 2.24. The van der Waals surface area contributed by atoms with Gasteiger partial charge in [0.05, 0.1) is 31.3 Å². The van der Waals surface area contributed by atoms with Crippen LogP contribution in [0, 0.1) is 10.1 Å². The van der Waals surface area contributed by atoms with E-state index in [0.717, 1.165) is 11.3 Å². The zero-order valence-electron chi connectivity index (χ0n) is 17.1. The minimum atomic E-state index is -0.893. The van der Waals surface area contributed by atoms with Crippen LogP contribution in [0.3, 0.4) is 0 Å². The number of nitrogens with zero attached hydrogens (tertiary/aromatic N) is 2. The second-order valence-electron chi connectivity index (χ2n) is 6.91. The number of anilines is 1. The van der Waals surface area contributed by atoms with E-state index >= 15 is 0 Å². The molecule has 10 nitrogen and oxygen atoms in total. The van der Waals surface area contributed by atoms with E-state index < -0.39 is 16.7 Å². The number of carbonyl (C=O) groups excluding carboxylic acids is 2. The van der Waals surface area contributed by atoms with Gasteiger partial charge in [0.2, 0.25) is 0 Å². The van der Waals surface area contributed by atoms with Crippen LogP contribution in [0.4, 0.5) is 11.4 Å². The van der Waals surface area contributed by atoms with Crippen molar-refractivity contribution in [3.05, 3.63) is 64.2 Å². The van der Waals surface area contributed by atoms with Crippen molar-refractivity contribution >= 4 is 23.2 Å². The second kappa shape index (κ2) is 10.5. The number of non-ortho nitro benzene ring substituents is 1. The van der Waals surface area contributed by atoms with E-state index in [1.165, 1.54) is 24.3 Å². The number of amides is 2. The third-order valence-electron chi connectivity index (χ3n) is 4.96. The first kappa shape index (κ1) is 22.2. The van der Waals surface area contributed by atoms with Crippen molar-refractivity contribution in [1.29, 1.82) is 0 Å². The number of nitro benzene ring substituents is 1. The fraction of sp³-hybridized carbons (Fsp3) is 0.333. The Balaban J connectivity index is 1.65. The molecular formula is C21H24N4O6. The highest BCUT2D eigenvalue weighted by molar-refractivity contribution is 6.39. The van der Waals surface area contributed by atoms with E-state index in [1.807, 2.05) is 24.3 Å². The van der Waals surface area contributed by atoms with Crippen LogP contribution in [0.25, 0.3) is 0 Å². The number of benzene rings is 2. The van der Waals surface area contributed by atoms with Crippen LogP contribution in [0.2, 0.25) is 0 Å². The van der Waals surface area contributed by atoms with Gasteiger partial charge in [-0.2, -0.15) is 0 Å². The molecule has 1 aliphatic heterocycles. The number of morpholine rings is 1. The van der Waals surface area contributed by atoms with Gasteiger partial charge in [-0.05, 0) is 23.8 Å². The number of ether oxygens (including phenoxy) is 2. The number of methoxy groups -OCH3 is 1. The van der Waals surface area contributed by atoms with Crippen LogP contribution in [0.5, 0.6) is 5.75 Å². The summed E-state index contributed by atoms with van der Waals surface area (Å²) in [6, 6.07) is 12.8. The minimum Gasteiger partial charge on any atom is -0.497 e. The van der Waals surface area contributed by atoms with Gasteiger partial charge in [0, 0.05) is 37.5 Å². The predicted molar refractivity (Wildman–Crippen MR) is 113 cm³/mol. The van der Waals surface area contributed by atoms with Gasteiger partial charge in [-0.1, -0.05) is 18.2 Å². The van der Waals surface area contributed by atoms with E-state index in [0.29, 0.717) is 26.3 Å². The monoisotopic (exact) mass is 428 g/mol. The molecule has 164 valence electrons. The molecule has 1 atom stereocenters. The average molecular weight is 428 g/mol. The maximum absolute atomic E-state index is 12.4. The fourth-order valence-electron chi connectivity index (χ4n) is 3.33. The molecule has 0 spiro atoms. The van der Waals surface area contributed by atoms with Gasteiger partial charge in [-0.3, -0.25) is 24.6 Å². The van der Waals surface area contributed by atoms with Crippen LogP contribution < -0.4 is 15.4 Å². The molecule has 0 saturated carbocycles. The molecule has 2 aromatic carbocycles. The minimum absolute atomic E-state index is 0.149. The zero-order chi connectivity index (χ0) is 22.2. The third-order valence-corrected chi connectivity index (χ3v) is 4.96. The summed E-state index contributed by atoms with van der Waals surface area (Å²) in [4.78, 5) is 37.1. The van der Waals surface area contributed by atoms with Gasteiger partial charge in [0.25, 0.3) is 5.69 Å². The summed E-state index contributed by atoms with van der Waals surface area (Å²) >= 11 is 0. The van der Waals surface area contributed by atoms with E-state index in [9.17, 15) is 19.7 Å².